The molecule has 15 heavy (non-hydrogen) atoms. The first-order valence-electron chi connectivity index (χ1n) is 4.46. The molecule has 0 unspecified atom stereocenters. The first-order chi connectivity index (χ1) is 7.29. The summed E-state index contributed by atoms with van der Waals surface area (Å²) in [4.78, 5) is 4.04. The maximum Gasteiger partial charge on any atom is 0.142 e. The molecule has 1 heterocycles. The number of hydrogen-bond acceptors (Lipinski definition) is 2. The van der Waals surface area contributed by atoms with Crippen LogP contribution in [0.25, 0.3) is 0 Å². The molecule has 0 fully saturated rings. The molecule has 2 rings (SSSR count). The van der Waals surface area contributed by atoms with Crippen molar-refractivity contribution in [1.82, 2.24) is 14.8 Å². The zero-order valence-corrected chi connectivity index (χ0v) is 9.41. The fourth-order valence-electron chi connectivity index (χ4n) is 1.33. The number of benzene rings is 1. The predicted octanol–water partition coefficient (Wildman–Crippen LogP) is 2.72. The van der Waals surface area contributed by atoms with Gasteiger partial charge in [0.25, 0.3) is 0 Å². The molecule has 0 saturated carbocycles. The van der Waals surface area contributed by atoms with E-state index in [1.54, 1.807) is 4.68 Å². The zero-order chi connectivity index (χ0) is 10.7. The number of rotatable bonds is 3. The second-order valence-electron chi connectivity index (χ2n) is 3.10. The lowest BCUT2D eigenvalue weighted by molar-refractivity contribution is 0.656. The fraction of sp³-hybridized carbons (Fsp3) is 0.200. The predicted molar refractivity (Wildman–Crippen MR) is 60.1 cm³/mol. The lowest BCUT2D eigenvalue weighted by Crippen LogP contribution is -2.05. The van der Waals surface area contributed by atoms with E-state index in [2.05, 4.69) is 10.1 Å². The summed E-state index contributed by atoms with van der Waals surface area (Å²) >= 11 is 11.6. The van der Waals surface area contributed by atoms with E-state index in [0.29, 0.717) is 12.4 Å². The van der Waals surface area contributed by atoms with Crippen LogP contribution in [0.1, 0.15) is 11.4 Å². The SMILES string of the molecule is ClCc1ncnn1Cc1cccc(Cl)c1. The van der Waals surface area contributed by atoms with Crippen LogP contribution in [0.4, 0.5) is 0 Å². The summed E-state index contributed by atoms with van der Waals surface area (Å²) < 4.78 is 1.76. The molecule has 0 saturated heterocycles. The van der Waals surface area contributed by atoms with Crippen molar-refractivity contribution in [2.45, 2.75) is 12.4 Å². The van der Waals surface area contributed by atoms with Gasteiger partial charge in [0.05, 0.1) is 12.4 Å². The average Bonchev–Trinajstić information content (AvgIpc) is 2.65. The van der Waals surface area contributed by atoms with Crippen molar-refractivity contribution in [2.75, 3.05) is 0 Å². The van der Waals surface area contributed by atoms with Crippen molar-refractivity contribution in [1.29, 1.82) is 0 Å². The average molecular weight is 242 g/mol. The van der Waals surface area contributed by atoms with E-state index in [4.69, 9.17) is 23.2 Å². The van der Waals surface area contributed by atoms with Crippen molar-refractivity contribution in [3.63, 3.8) is 0 Å². The van der Waals surface area contributed by atoms with E-state index in [1.807, 2.05) is 24.3 Å². The number of nitrogens with zero attached hydrogens (tertiary/aromatic N) is 3. The second kappa shape index (κ2) is 4.64. The van der Waals surface area contributed by atoms with Gasteiger partial charge in [-0.2, -0.15) is 5.10 Å². The summed E-state index contributed by atoms with van der Waals surface area (Å²) in [5.41, 5.74) is 1.08. The van der Waals surface area contributed by atoms with Crippen molar-refractivity contribution in [3.05, 3.63) is 47.0 Å². The number of halogens is 2. The minimum absolute atomic E-state index is 0.362. The van der Waals surface area contributed by atoms with Crippen LogP contribution in [0.3, 0.4) is 0 Å². The molecular weight excluding hydrogens is 233 g/mol. The van der Waals surface area contributed by atoms with Gasteiger partial charge < -0.3 is 0 Å². The van der Waals surface area contributed by atoms with Gasteiger partial charge in [0, 0.05) is 5.02 Å². The highest BCUT2D eigenvalue weighted by atomic mass is 35.5. The van der Waals surface area contributed by atoms with Gasteiger partial charge in [-0.3, -0.25) is 0 Å². The minimum atomic E-state index is 0.362. The van der Waals surface area contributed by atoms with E-state index in [1.165, 1.54) is 6.33 Å². The van der Waals surface area contributed by atoms with Crippen molar-refractivity contribution >= 4 is 23.2 Å². The molecule has 2 aromatic rings. The summed E-state index contributed by atoms with van der Waals surface area (Å²) in [7, 11) is 0. The highest BCUT2D eigenvalue weighted by Crippen LogP contribution is 2.12. The Bertz CT molecular complexity index is 453. The van der Waals surface area contributed by atoms with Crippen LogP contribution in [-0.2, 0) is 12.4 Å². The van der Waals surface area contributed by atoms with E-state index in [0.717, 1.165) is 16.4 Å². The molecule has 0 N–H and O–H groups in total. The number of aromatic nitrogens is 3. The maximum absolute atomic E-state index is 5.89. The quantitative estimate of drug-likeness (QED) is 0.774. The highest BCUT2D eigenvalue weighted by Gasteiger charge is 2.03. The topological polar surface area (TPSA) is 30.7 Å². The van der Waals surface area contributed by atoms with E-state index >= 15 is 0 Å². The van der Waals surface area contributed by atoms with Gasteiger partial charge in [0.1, 0.15) is 12.2 Å². The molecule has 0 aliphatic rings. The largest absolute Gasteiger partial charge is 0.244 e. The zero-order valence-electron chi connectivity index (χ0n) is 7.90. The molecular formula is C10H9Cl2N3. The molecule has 1 aromatic heterocycles. The standard InChI is InChI=1S/C10H9Cl2N3/c11-5-10-13-7-14-15(10)6-8-2-1-3-9(12)4-8/h1-4,7H,5-6H2. The lowest BCUT2D eigenvalue weighted by atomic mass is 10.2. The summed E-state index contributed by atoms with van der Waals surface area (Å²) in [6.07, 6.45) is 1.50. The van der Waals surface area contributed by atoms with Gasteiger partial charge in [-0.05, 0) is 17.7 Å². The van der Waals surface area contributed by atoms with Crippen LogP contribution < -0.4 is 0 Å². The molecule has 5 heteroatoms. The van der Waals surface area contributed by atoms with Gasteiger partial charge in [-0.1, -0.05) is 23.7 Å². The summed E-state index contributed by atoms with van der Waals surface area (Å²) in [6, 6.07) is 7.65. The van der Waals surface area contributed by atoms with Crippen LogP contribution >= 0.6 is 23.2 Å². The molecule has 78 valence electrons. The monoisotopic (exact) mass is 241 g/mol. The molecule has 0 amide bonds. The molecule has 3 nitrogen and oxygen atoms in total. The van der Waals surface area contributed by atoms with Crippen LogP contribution in [-0.4, -0.2) is 14.8 Å². The third-order valence-electron chi connectivity index (χ3n) is 2.04. The summed E-state index contributed by atoms with van der Waals surface area (Å²) in [6.45, 7) is 0.641. The first-order valence-corrected chi connectivity index (χ1v) is 5.38. The molecule has 0 aliphatic heterocycles. The Balaban J connectivity index is 2.22. The van der Waals surface area contributed by atoms with E-state index in [-0.39, 0.29) is 0 Å². The van der Waals surface area contributed by atoms with Gasteiger partial charge in [0.2, 0.25) is 0 Å². The molecule has 0 radical (unpaired) electrons. The van der Waals surface area contributed by atoms with Gasteiger partial charge in [-0.25, -0.2) is 9.67 Å². The number of hydrogen-bond donors (Lipinski definition) is 0. The Morgan fingerprint density at radius 2 is 2.20 bits per heavy atom. The second-order valence-corrected chi connectivity index (χ2v) is 3.80. The molecule has 0 aliphatic carbocycles. The van der Waals surface area contributed by atoms with Crippen molar-refractivity contribution in [3.8, 4) is 0 Å². The molecule has 1 aromatic carbocycles. The molecule has 0 spiro atoms. The fourth-order valence-corrected chi connectivity index (χ4v) is 1.75. The lowest BCUT2D eigenvalue weighted by Gasteiger charge is -2.04. The summed E-state index contributed by atoms with van der Waals surface area (Å²) in [5.74, 6) is 1.12. The number of alkyl halides is 1. The molecule has 0 atom stereocenters. The van der Waals surface area contributed by atoms with E-state index in [9.17, 15) is 0 Å². The Hall–Kier alpha value is -1.06. The van der Waals surface area contributed by atoms with Gasteiger partial charge in [0.15, 0.2) is 0 Å². The smallest absolute Gasteiger partial charge is 0.142 e. The Labute approximate surface area is 97.7 Å². The first kappa shape index (κ1) is 10.5. The normalized spacial score (nSPS) is 10.5. The molecule has 0 bridgehead atoms. The minimum Gasteiger partial charge on any atom is -0.244 e. The maximum atomic E-state index is 5.89. The van der Waals surface area contributed by atoms with Crippen LogP contribution in [0.2, 0.25) is 5.02 Å². The van der Waals surface area contributed by atoms with Crippen LogP contribution in [0.15, 0.2) is 30.6 Å². The Morgan fingerprint density at radius 3 is 2.93 bits per heavy atom. The third kappa shape index (κ3) is 2.49. The highest BCUT2D eigenvalue weighted by molar-refractivity contribution is 6.30. The van der Waals surface area contributed by atoms with Crippen LogP contribution in [0.5, 0.6) is 0 Å². The Morgan fingerprint density at radius 1 is 1.33 bits per heavy atom. The van der Waals surface area contributed by atoms with Gasteiger partial charge in [-0.15, -0.1) is 11.6 Å². The van der Waals surface area contributed by atoms with Crippen molar-refractivity contribution in [2.24, 2.45) is 0 Å². The third-order valence-corrected chi connectivity index (χ3v) is 2.51. The summed E-state index contributed by atoms with van der Waals surface area (Å²) in [5, 5.41) is 4.81. The van der Waals surface area contributed by atoms with Crippen molar-refractivity contribution < 1.29 is 0 Å². The van der Waals surface area contributed by atoms with Crippen LogP contribution in [0, 0.1) is 0 Å². The Kier molecular flexibility index (Phi) is 3.23. The van der Waals surface area contributed by atoms with Gasteiger partial charge >= 0.3 is 0 Å². The van der Waals surface area contributed by atoms with E-state index < -0.39 is 0 Å².